The van der Waals surface area contributed by atoms with Crippen molar-refractivity contribution >= 4 is 55.5 Å². The summed E-state index contributed by atoms with van der Waals surface area (Å²) in [6.07, 6.45) is 2.23. The van der Waals surface area contributed by atoms with Crippen LogP contribution in [0.4, 0.5) is 0 Å². The SMILES string of the molecule is BrBCSCBBr. The van der Waals surface area contributed by atoms with Gasteiger partial charge in [0.1, 0.15) is 0 Å². The second kappa shape index (κ2) is 7.44. The van der Waals surface area contributed by atoms with Crippen molar-refractivity contribution in [3.63, 3.8) is 0 Å². The van der Waals surface area contributed by atoms with Crippen LogP contribution >= 0.6 is 43.3 Å². The van der Waals surface area contributed by atoms with Gasteiger partial charge in [0, 0.05) is 0 Å². The molecular formula is C2H6B2Br2S. The molecule has 0 radical (unpaired) electrons. The fourth-order valence-corrected chi connectivity index (χ4v) is 2.01. The third-order valence-corrected chi connectivity index (χ3v) is 3.27. The maximum atomic E-state index is 3.34. The Morgan fingerprint density at radius 3 is 1.86 bits per heavy atom. The molecule has 0 N–H and O–H groups in total. The molecule has 0 aliphatic rings. The van der Waals surface area contributed by atoms with Crippen LogP contribution in [0.25, 0.3) is 0 Å². The van der Waals surface area contributed by atoms with Gasteiger partial charge in [0.25, 0.3) is 0 Å². The van der Waals surface area contributed by atoms with Crippen LogP contribution in [0.2, 0.25) is 0 Å². The van der Waals surface area contributed by atoms with E-state index in [9.17, 15) is 0 Å². The average molecular weight is 244 g/mol. The van der Waals surface area contributed by atoms with Crippen molar-refractivity contribution in [1.82, 2.24) is 0 Å². The number of thioether (sulfide) groups is 1. The van der Waals surface area contributed by atoms with Crippen LogP contribution in [0.1, 0.15) is 0 Å². The van der Waals surface area contributed by atoms with Gasteiger partial charge < -0.3 is 0 Å². The number of hydrogen-bond acceptors (Lipinski definition) is 1. The summed E-state index contributed by atoms with van der Waals surface area (Å²) in [6, 6.07) is 0. The summed E-state index contributed by atoms with van der Waals surface area (Å²) >= 11 is 8.65. The Hall–Kier alpha value is 1.44. The molecule has 0 amide bonds. The second-order valence-electron chi connectivity index (χ2n) is 0.990. The molecule has 0 bridgehead atoms. The number of hydrogen-bond donors (Lipinski definition) is 0. The van der Waals surface area contributed by atoms with Gasteiger partial charge in [0.05, 0.1) is 0 Å². The minimum Gasteiger partial charge on any atom is -0.177 e. The molecule has 0 saturated heterocycles. The predicted octanol–water partition coefficient (Wildman–Crippen LogP) is 1.13. The first-order chi connectivity index (χ1) is 3.41. The molecule has 40 valence electrons. The minimum absolute atomic E-state index is 1.12. The zero-order valence-electron chi connectivity index (χ0n) is 3.99. The van der Waals surface area contributed by atoms with E-state index in [1.54, 1.807) is 0 Å². The highest BCUT2D eigenvalue weighted by molar-refractivity contribution is 9.23. The monoisotopic (exact) mass is 242 g/mol. The summed E-state index contributed by atoms with van der Waals surface area (Å²) in [4.78, 5) is 0. The van der Waals surface area contributed by atoms with E-state index < -0.39 is 0 Å². The molecule has 0 rings (SSSR count). The Morgan fingerprint density at radius 2 is 1.57 bits per heavy atom. The highest BCUT2D eigenvalue weighted by atomic mass is 79.9. The Balaban J connectivity index is 2.45. The van der Waals surface area contributed by atoms with Crippen molar-refractivity contribution in [2.24, 2.45) is 0 Å². The molecular weight excluding hydrogens is 238 g/mol. The topological polar surface area (TPSA) is 0 Å². The second-order valence-corrected chi connectivity index (χ2v) is 3.80. The Labute approximate surface area is 66.6 Å². The van der Waals surface area contributed by atoms with Crippen LogP contribution in [0, 0.1) is 0 Å². The van der Waals surface area contributed by atoms with Gasteiger partial charge in [0.15, 0.2) is 0 Å². The largest absolute Gasteiger partial charge is 0.214 e. The van der Waals surface area contributed by atoms with E-state index in [1.807, 2.05) is 11.8 Å². The molecule has 5 heteroatoms. The molecule has 0 aromatic rings. The van der Waals surface area contributed by atoms with Crippen molar-refractivity contribution in [2.75, 3.05) is 11.3 Å². The van der Waals surface area contributed by atoms with Gasteiger partial charge in [-0.15, -0.1) is 0 Å². The summed E-state index contributed by atoms with van der Waals surface area (Å²) in [6.45, 7) is 0. The number of halogens is 2. The lowest BCUT2D eigenvalue weighted by Gasteiger charge is -1.87. The molecule has 0 atom stereocenters. The summed E-state index contributed by atoms with van der Waals surface area (Å²) in [5.74, 6) is 0. The maximum absolute atomic E-state index is 3.34. The fraction of sp³-hybridized carbons (Fsp3) is 1.00. The Morgan fingerprint density at radius 1 is 1.14 bits per heavy atom. The Bertz CT molecular complexity index is 32.9. The van der Waals surface area contributed by atoms with Crippen LogP contribution in [0.15, 0.2) is 0 Å². The van der Waals surface area contributed by atoms with E-state index in [0.717, 1.165) is 12.2 Å². The molecule has 0 saturated carbocycles. The van der Waals surface area contributed by atoms with E-state index in [2.05, 4.69) is 31.5 Å². The Kier molecular flexibility index (Phi) is 8.97. The first-order valence-corrected chi connectivity index (χ1v) is 5.51. The summed E-state index contributed by atoms with van der Waals surface area (Å²) in [7, 11) is 0. The van der Waals surface area contributed by atoms with E-state index in [0.29, 0.717) is 0 Å². The molecule has 0 fully saturated rings. The predicted molar refractivity (Wildman–Crippen MR) is 49.5 cm³/mol. The van der Waals surface area contributed by atoms with Gasteiger partial charge in [-0.05, 0) is 11.3 Å². The first-order valence-electron chi connectivity index (χ1n) is 2.11. The van der Waals surface area contributed by atoms with Crippen molar-refractivity contribution in [3.8, 4) is 0 Å². The summed E-state index contributed by atoms with van der Waals surface area (Å²) < 4.78 is 0. The first kappa shape index (κ1) is 8.44. The summed E-state index contributed by atoms with van der Waals surface area (Å²) in [5.41, 5.74) is 2.46. The zero-order valence-corrected chi connectivity index (χ0v) is 7.98. The van der Waals surface area contributed by atoms with Crippen molar-refractivity contribution in [2.45, 2.75) is 0 Å². The van der Waals surface area contributed by atoms with Gasteiger partial charge in [-0.25, -0.2) is 0 Å². The van der Waals surface area contributed by atoms with Crippen molar-refractivity contribution < 1.29 is 0 Å². The van der Waals surface area contributed by atoms with Crippen molar-refractivity contribution in [1.29, 1.82) is 0 Å². The molecule has 0 aliphatic carbocycles. The van der Waals surface area contributed by atoms with Gasteiger partial charge in [-0.1, -0.05) is 0 Å². The van der Waals surface area contributed by atoms with Gasteiger partial charge in [0.2, 0.25) is 12.2 Å². The zero-order chi connectivity index (χ0) is 5.54. The lowest BCUT2D eigenvalue weighted by atomic mass is 10.2. The molecule has 0 nitrogen and oxygen atoms in total. The highest BCUT2D eigenvalue weighted by Gasteiger charge is 1.85. The lowest BCUT2D eigenvalue weighted by molar-refractivity contribution is 2.10. The standard InChI is InChI=1S/C2H6B2Br2S/c5-3-1-7-2-4-6/h3-4H,1-2H2. The van der Waals surface area contributed by atoms with Crippen LogP contribution in [-0.2, 0) is 0 Å². The van der Waals surface area contributed by atoms with Crippen LogP contribution < -0.4 is 0 Å². The van der Waals surface area contributed by atoms with Crippen LogP contribution in [0.5, 0.6) is 0 Å². The van der Waals surface area contributed by atoms with Gasteiger partial charge >= 0.3 is 0 Å². The molecule has 0 unspecified atom stereocenters. The van der Waals surface area contributed by atoms with Gasteiger partial charge in [-0.2, -0.15) is 43.3 Å². The summed E-state index contributed by atoms with van der Waals surface area (Å²) in [5, 5.41) is 0. The molecule has 0 aromatic carbocycles. The fourth-order valence-electron chi connectivity index (χ4n) is 0.211. The minimum atomic E-state index is 1.12. The van der Waals surface area contributed by atoms with Crippen LogP contribution in [-0.4, -0.2) is 23.5 Å². The van der Waals surface area contributed by atoms with Crippen LogP contribution in [0.3, 0.4) is 0 Å². The van der Waals surface area contributed by atoms with E-state index in [-0.39, 0.29) is 0 Å². The molecule has 0 heterocycles. The maximum Gasteiger partial charge on any atom is 0.214 e. The average Bonchev–Trinajstić information content (AvgIpc) is 1.69. The normalized spacial score (nSPS) is 8.29. The van der Waals surface area contributed by atoms with Gasteiger partial charge in [-0.3, -0.25) is 0 Å². The van der Waals surface area contributed by atoms with Crippen molar-refractivity contribution in [3.05, 3.63) is 0 Å². The van der Waals surface area contributed by atoms with E-state index in [1.165, 1.54) is 11.3 Å². The lowest BCUT2D eigenvalue weighted by Crippen LogP contribution is -1.88. The third kappa shape index (κ3) is 7.44. The van der Waals surface area contributed by atoms with E-state index in [4.69, 9.17) is 0 Å². The highest BCUT2D eigenvalue weighted by Crippen LogP contribution is 1.98. The molecule has 0 aromatic heterocycles. The molecule has 7 heavy (non-hydrogen) atoms. The molecule has 0 spiro atoms. The molecule has 0 aliphatic heterocycles. The smallest absolute Gasteiger partial charge is 0.177 e. The number of rotatable bonds is 4. The van der Waals surface area contributed by atoms with E-state index >= 15 is 0 Å². The quantitative estimate of drug-likeness (QED) is 0.527. The third-order valence-electron chi connectivity index (χ3n) is 0.443.